The van der Waals surface area contributed by atoms with E-state index >= 15 is 0 Å². The SMILES string of the molecule is Cc1c(C#N)cccc1C1(O)CC2CCCC(C1)S2(=O)=O. The van der Waals surface area contributed by atoms with Gasteiger partial charge in [0.05, 0.1) is 27.7 Å². The van der Waals surface area contributed by atoms with Gasteiger partial charge in [-0.3, -0.25) is 0 Å². The Morgan fingerprint density at radius 3 is 2.48 bits per heavy atom. The Kier molecular flexibility index (Phi) is 3.34. The quantitative estimate of drug-likeness (QED) is 0.862. The summed E-state index contributed by atoms with van der Waals surface area (Å²) in [6.07, 6.45) is 2.70. The highest BCUT2D eigenvalue weighted by Crippen LogP contribution is 2.46. The largest absolute Gasteiger partial charge is 0.385 e. The van der Waals surface area contributed by atoms with Crippen molar-refractivity contribution in [2.24, 2.45) is 0 Å². The number of hydrogen-bond acceptors (Lipinski definition) is 4. The van der Waals surface area contributed by atoms with E-state index in [-0.39, 0.29) is 12.8 Å². The lowest BCUT2D eigenvalue weighted by molar-refractivity contribution is 0.00443. The number of nitriles is 1. The van der Waals surface area contributed by atoms with Crippen LogP contribution in [-0.2, 0) is 15.4 Å². The van der Waals surface area contributed by atoms with Crippen LogP contribution < -0.4 is 0 Å². The van der Waals surface area contributed by atoms with Crippen LogP contribution in [0.1, 0.15) is 48.8 Å². The molecule has 2 unspecified atom stereocenters. The molecule has 2 fully saturated rings. The van der Waals surface area contributed by atoms with E-state index in [1.165, 1.54) is 0 Å². The molecule has 2 bridgehead atoms. The molecule has 1 aromatic carbocycles. The third-order valence-corrected chi connectivity index (χ3v) is 7.73. The number of sulfone groups is 1. The highest BCUT2D eigenvalue weighted by Gasteiger charge is 2.51. The van der Waals surface area contributed by atoms with E-state index in [2.05, 4.69) is 6.07 Å². The van der Waals surface area contributed by atoms with Crippen LogP contribution in [0.3, 0.4) is 0 Å². The Morgan fingerprint density at radius 2 is 1.90 bits per heavy atom. The maximum Gasteiger partial charge on any atom is 0.156 e. The van der Waals surface area contributed by atoms with Gasteiger partial charge in [0, 0.05) is 0 Å². The van der Waals surface area contributed by atoms with Crippen molar-refractivity contribution in [3.8, 4) is 6.07 Å². The predicted octanol–water partition coefficient (Wildman–Crippen LogP) is 2.18. The van der Waals surface area contributed by atoms with Gasteiger partial charge in [0.25, 0.3) is 0 Å². The second kappa shape index (κ2) is 4.82. The maximum atomic E-state index is 12.4. The molecule has 2 heterocycles. The molecule has 2 saturated heterocycles. The first-order chi connectivity index (χ1) is 9.88. The van der Waals surface area contributed by atoms with Gasteiger partial charge < -0.3 is 5.11 Å². The van der Waals surface area contributed by atoms with E-state index in [9.17, 15) is 13.5 Å². The van der Waals surface area contributed by atoms with Crippen LogP contribution in [0.25, 0.3) is 0 Å². The van der Waals surface area contributed by atoms with Gasteiger partial charge in [-0.15, -0.1) is 0 Å². The first kappa shape index (κ1) is 14.6. The summed E-state index contributed by atoms with van der Waals surface area (Å²) in [4.78, 5) is 0. The van der Waals surface area contributed by atoms with Gasteiger partial charge in [0.15, 0.2) is 9.84 Å². The van der Waals surface area contributed by atoms with Crippen LogP contribution in [-0.4, -0.2) is 24.0 Å². The zero-order valence-electron chi connectivity index (χ0n) is 12.0. The fourth-order valence-corrected chi connectivity index (χ4v) is 6.48. The smallest absolute Gasteiger partial charge is 0.156 e. The average Bonchev–Trinajstić information content (AvgIpc) is 2.41. The first-order valence-corrected chi connectivity index (χ1v) is 8.95. The van der Waals surface area contributed by atoms with Crippen LogP contribution in [0.2, 0.25) is 0 Å². The van der Waals surface area contributed by atoms with E-state index in [0.717, 1.165) is 12.0 Å². The summed E-state index contributed by atoms with van der Waals surface area (Å²) >= 11 is 0. The van der Waals surface area contributed by atoms with Gasteiger partial charge in [0.2, 0.25) is 0 Å². The molecule has 0 spiro atoms. The maximum absolute atomic E-state index is 12.4. The molecular weight excluding hydrogens is 286 g/mol. The van der Waals surface area contributed by atoms with Gasteiger partial charge in [-0.2, -0.15) is 5.26 Å². The van der Waals surface area contributed by atoms with Crippen molar-refractivity contribution >= 4 is 9.84 Å². The molecule has 112 valence electrons. The standard InChI is InChI=1S/C16H19NO3S/c1-11-12(10-17)4-2-7-15(11)16(18)8-13-5-3-6-14(9-16)21(13,19)20/h2,4,7,13-14,18H,3,5-6,8-9H2,1H3. The van der Waals surface area contributed by atoms with Crippen LogP contribution >= 0.6 is 0 Å². The molecule has 21 heavy (non-hydrogen) atoms. The molecule has 2 atom stereocenters. The fourth-order valence-electron chi connectivity index (χ4n) is 3.93. The molecule has 4 nitrogen and oxygen atoms in total. The lowest BCUT2D eigenvalue weighted by Crippen LogP contribution is -2.50. The second-order valence-corrected chi connectivity index (χ2v) is 8.81. The van der Waals surface area contributed by atoms with E-state index in [1.807, 2.05) is 13.0 Å². The van der Waals surface area contributed by atoms with Crippen LogP contribution in [0.5, 0.6) is 0 Å². The Bertz CT molecular complexity index is 698. The minimum Gasteiger partial charge on any atom is -0.385 e. The molecule has 2 aliphatic rings. The van der Waals surface area contributed by atoms with E-state index in [0.29, 0.717) is 24.0 Å². The van der Waals surface area contributed by atoms with Crippen molar-refractivity contribution in [3.63, 3.8) is 0 Å². The molecule has 3 rings (SSSR count). The summed E-state index contributed by atoms with van der Waals surface area (Å²) in [5, 5.41) is 19.4. The molecule has 1 aromatic rings. The lowest BCUT2D eigenvalue weighted by Gasteiger charge is -2.44. The van der Waals surface area contributed by atoms with Crippen molar-refractivity contribution in [1.29, 1.82) is 5.26 Å². The van der Waals surface area contributed by atoms with Crippen molar-refractivity contribution in [2.75, 3.05) is 0 Å². The summed E-state index contributed by atoms with van der Waals surface area (Å²) in [6.45, 7) is 1.82. The number of aliphatic hydroxyl groups is 1. The monoisotopic (exact) mass is 305 g/mol. The van der Waals surface area contributed by atoms with Crippen molar-refractivity contribution < 1.29 is 13.5 Å². The minimum absolute atomic E-state index is 0.252. The van der Waals surface area contributed by atoms with Gasteiger partial charge in [-0.25, -0.2) is 8.42 Å². The molecule has 0 radical (unpaired) electrons. The number of hydrogen-bond donors (Lipinski definition) is 1. The Balaban J connectivity index is 2.06. The van der Waals surface area contributed by atoms with Crippen molar-refractivity contribution in [3.05, 3.63) is 34.9 Å². The number of rotatable bonds is 1. The van der Waals surface area contributed by atoms with Crippen LogP contribution in [0.15, 0.2) is 18.2 Å². The summed E-state index contributed by atoms with van der Waals surface area (Å²) in [5.41, 5.74) is 0.894. The Morgan fingerprint density at radius 1 is 1.29 bits per heavy atom. The van der Waals surface area contributed by atoms with E-state index in [1.54, 1.807) is 12.1 Å². The minimum atomic E-state index is -3.10. The Hall–Kier alpha value is -1.38. The molecule has 0 saturated carbocycles. The zero-order chi connectivity index (χ0) is 15.3. The molecule has 2 aliphatic heterocycles. The van der Waals surface area contributed by atoms with Crippen molar-refractivity contribution in [2.45, 2.75) is 55.1 Å². The number of fused-ring (bicyclic) bond motifs is 2. The summed E-state index contributed by atoms with van der Waals surface area (Å²) < 4.78 is 24.7. The molecule has 5 heteroatoms. The summed E-state index contributed by atoms with van der Waals surface area (Å²) in [6, 6.07) is 7.44. The Labute approximate surface area is 125 Å². The van der Waals surface area contributed by atoms with Gasteiger partial charge in [0.1, 0.15) is 0 Å². The fraction of sp³-hybridized carbons (Fsp3) is 0.562. The summed E-state index contributed by atoms with van der Waals surface area (Å²) in [7, 11) is -3.10. The van der Waals surface area contributed by atoms with E-state index in [4.69, 9.17) is 5.26 Å². The molecule has 1 N–H and O–H groups in total. The molecular formula is C16H19NO3S. The number of nitrogens with zero attached hydrogens (tertiary/aromatic N) is 1. The lowest BCUT2D eigenvalue weighted by atomic mass is 9.78. The normalized spacial score (nSPS) is 34.1. The van der Waals surface area contributed by atoms with E-state index < -0.39 is 25.9 Å². The molecule has 0 aliphatic carbocycles. The first-order valence-electron chi connectivity index (χ1n) is 7.34. The third-order valence-electron chi connectivity index (χ3n) is 5.07. The molecule has 0 aromatic heterocycles. The van der Waals surface area contributed by atoms with Gasteiger partial charge >= 0.3 is 0 Å². The summed E-state index contributed by atoms with van der Waals surface area (Å²) in [5.74, 6) is 0. The average molecular weight is 305 g/mol. The third kappa shape index (κ3) is 2.18. The highest BCUT2D eigenvalue weighted by atomic mass is 32.2. The second-order valence-electron chi connectivity index (χ2n) is 6.29. The van der Waals surface area contributed by atoms with Crippen molar-refractivity contribution in [1.82, 2.24) is 0 Å². The highest BCUT2D eigenvalue weighted by molar-refractivity contribution is 7.92. The van der Waals surface area contributed by atoms with Crippen LogP contribution in [0, 0.1) is 18.3 Å². The predicted molar refractivity (Wildman–Crippen MR) is 79.4 cm³/mol. The molecule has 0 amide bonds. The van der Waals surface area contributed by atoms with Gasteiger partial charge in [-0.1, -0.05) is 18.6 Å². The number of benzene rings is 1. The van der Waals surface area contributed by atoms with Crippen LogP contribution in [0.4, 0.5) is 0 Å². The van der Waals surface area contributed by atoms with Gasteiger partial charge in [-0.05, 0) is 49.8 Å². The zero-order valence-corrected chi connectivity index (χ0v) is 12.9. The topological polar surface area (TPSA) is 78.2 Å².